The van der Waals surface area contributed by atoms with Gasteiger partial charge in [-0.05, 0) is 31.0 Å². The number of anilines is 1. The van der Waals surface area contributed by atoms with Crippen LogP contribution in [0.3, 0.4) is 0 Å². The molecule has 5 nitrogen and oxygen atoms in total. The molecular weight excluding hydrogens is 363 g/mol. The van der Waals surface area contributed by atoms with E-state index in [1.807, 2.05) is 13.8 Å². The van der Waals surface area contributed by atoms with Gasteiger partial charge in [0, 0.05) is 17.8 Å². The molecule has 2 rings (SSSR count). The summed E-state index contributed by atoms with van der Waals surface area (Å²) in [5.41, 5.74) is 0.815. The number of aromatic nitrogens is 1. The molecule has 1 heterocycles. The number of carbonyl (C=O) groups excluding carboxylic acids is 1. The highest BCUT2D eigenvalue weighted by Crippen LogP contribution is 2.31. The Balaban J connectivity index is 2.26. The van der Waals surface area contributed by atoms with Gasteiger partial charge in [-0.1, -0.05) is 37.0 Å². The zero-order valence-electron chi connectivity index (χ0n) is 14.3. The molecule has 0 radical (unpaired) electrons. The fourth-order valence-electron chi connectivity index (χ4n) is 2.25. The summed E-state index contributed by atoms with van der Waals surface area (Å²) in [4.78, 5) is 16.4. The van der Waals surface area contributed by atoms with E-state index in [1.54, 1.807) is 25.3 Å². The average molecular weight is 383 g/mol. The van der Waals surface area contributed by atoms with Crippen molar-refractivity contribution in [2.45, 2.75) is 32.8 Å². The molecule has 0 aliphatic rings. The number of nitrogens with one attached hydrogen (secondary N) is 1. The molecule has 0 aliphatic heterocycles. The molecule has 1 aromatic carbocycles. The van der Waals surface area contributed by atoms with Crippen LogP contribution in [0, 0.1) is 0 Å². The lowest BCUT2D eigenvalue weighted by molar-refractivity contribution is 0.102. The summed E-state index contributed by atoms with van der Waals surface area (Å²) in [6.07, 6.45) is 3.16. The highest BCUT2D eigenvalue weighted by Gasteiger charge is 2.15. The number of carbonyl (C=O) groups is 1. The fraction of sp³-hybridized carbons (Fsp3) is 0.333. The van der Waals surface area contributed by atoms with Gasteiger partial charge in [-0.2, -0.15) is 0 Å². The van der Waals surface area contributed by atoms with E-state index in [0.29, 0.717) is 27.8 Å². The highest BCUT2D eigenvalue weighted by atomic mass is 35.5. The monoisotopic (exact) mass is 382 g/mol. The lowest BCUT2D eigenvalue weighted by Gasteiger charge is -2.18. The quantitative estimate of drug-likeness (QED) is 0.667. The van der Waals surface area contributed by atoms with Crippen molar-refractivity contribution in [1.82, 2.24) is 4.98 Å². The van der Waals surface area contributed by atoms with Crippen LogP contribution >= 0.6 is 23.2 Å². The summed E-state index contributed by atoms with van der Waals surface area (Å²) in [5.74, 6) is 0.775. The number of methoxy groups -OCH3 is 1. The Morgan fingerprint density at radius 1 is 1.20 bits per heavy atom. The van der Waals surface area contributed by atoms with E-state index in [1.165, 1.54) is 12.3 Å². The highest BCUT2D eigenvalue weighted by molar-refractivity contribution is 6.35. The Labute approximate surface area is 157 Å². The van der Waals surface area contributed by atoms with E-state index < -0.39 is 0 Å². The Hall–Kier alpha value is -1.98. The van der Waals surface area contributed by atoms with E-state index in [0.717, 1.165) is 12.8 Å². The van der Waals surface area contributed by atoms with Crippen molar-refractivity contribution in [1.29, 1.82) is 0 Å². The zero-order chi connectivity index (χ0) is 18.4. The molecule has 0 unspecified atom stereocenters. The van der Waals surface area contributed by atoms with E-state index in [4.69, 9.17) is 32.7 Å². The lowest BCUT2D eigenvalue weighted by atomic mass is 10.1. The molecule has 25 heavy (non-hydrogen) atoms. The molecule has 7 heteroatoms. The van der Waals surface area contributed by atoms with Gasteiger partial charge in [0.2, 0.25) is 0 Å². The number of nitrogens with zero attached hydrogens (tertiary/aromatic N) is 1. The first-order chi connectivity index (χ1) is 12.0. The molecule has 0 spiro atoms. The van der Waals surface area contributed by atoms with Crippen molar-refractivity contribution in [3.63, 3.8) is 0 Å². The molecule has 0 fully saturated rings. The Bertz CT molecular complexity index is 749. The molecule has 0 bridgehead atoms. The third-order valence-electron chi connectivity index (χ3n) is 3.70. The average Bonchev–Trinajstić information content (AvgIpc) is 2.62. The van der Waals surface area contributed by atoms with Crippen LogP contribution in [0.15, 0.2) is 30.5 Å². The Morgan fingerprint density at radius 3 is 2.56 bits per heavy atom. The SMILES string of the molecule is CCC(CC)Oc1cc(C(=O)Nc2cc(Cl)ncc2Cl)ccc1OC. The van der Waals surface area contributed by atoms with Gasteiger partial charge in [-0.25, -0.2) is 4.98 Å². The molecule has 0 atom stereocenters. The normalized spacial score (nSPS) is 10.6. The molecule has 2 aromatic rings. The summed E-state index contributed by atoms with van der Waals surface area (Å²) in [6, 6.07) is 6.51. The van der Waals surface area contributed by atoms with Crippen molar-refractivity contribution in [2.24, 2.45) is 0 Å². The largest absolute Gasteiger partial charge is 0.493 e. The zero-order valence-corrected chi connectivity index (χ0v) is 15.8. The van der Waals surface area contributed by atoms with Crippen LogP contribution in [0.25, 0.3) is 0 Å². The van der Waals surface area contributed by atoms with Gasteiger partial charge < -0.3 is 14.8 Å². The molecule has 1 N–H and O–H groups in total. The van der Waals surface area contributed by atoms with Crippen LogP contribution in [0.1, 0.15) is 37.0 Å². The van der Waals surface area contributed by atoms with E-state index in [9.17, 15) is 4.79 Å². The van der Waals surface area contributed by atoms with Gasteiger partial charge in [-0.3, -0.25) is 4.79 Å². The minimum atomic E-state index is -0.332. The van der Waals surface area contributed by atoms with Gasteiger partial charge in [-0.15, -0.1) is 0 Å². The number of hydrogen-bond donors (Lipinski definition) is 1. The second kappa shape index (κ2) is 8.92. The van der Waals surface area contributed by atoms with Crippen molar-refractivity contribution in [2.75, 3.05) is 12.4 Å². The van der Waals surface area contributed by atoms with Crippen LogP contribution < -0.4 is 14.8 Å². The molecule has 134 valence electrons. The van der Waals surface area contributed by atoms with E-state index in [-0.39, 0.29) is 17.2 Å². The van der Waals surface area contributed by atoms with Crippen LogP contribution in [-0.4, -0.2) is 24.1 Å². The minimum absolute atomic E-state index is 0.0562. The molecule has 1 aromatic heterocycles. The maximum absolute atomic E-state index is 12.5. The first-order valence-electron chi connectivity index (χ1n) is 7.95. The number of rotatable bonds is 7. The van der Waals surface area contributed by atoms with Gasteiger partial charge in [0.1, 0.15) is 5.15 Å². The summed E-state index contributed by atoms with van der Waals surface area (Å²) in [5, 5.41) is 3.27. The minimum Gasteiger partial charge on any atom is -0.493 e. The third kappa shape index (κ3) is 5.00. The summed E-state index contributed by atoms with van der Waals surface area (Å²) in [6.45, 7) is 4.10. The lowest BCUT2D eigenvalue weighted by Crippen LogP contribution is -2.16. The van der Waals surface area contributed by atoms with Crippen molar-refractivity contribution < 1.29 is 14.3 Å². The molecule has 0 saturated carbocycles. The van der Waals surface area contributed by atoms with Crippen LogP contribution in [0.4, 0.5) is 5.69 Å². The van der Waals surface area contributed by atoms with Crippen molar-refractivity contribution >= 4 is 34.8 Å². The number of pyridine rings is 1. The van der Waals surface area contributed by atoms with E-state index in [2.05, 4.69) is 10.3 Å². The van der Waals surface area contributed by atoms with Gasteiger partial charge in [0.05, 0.1) is 23.9 Å². The van der Waals surface area contributed by atoms with Crippen molar-refractivity contribution in [3.8, 4) is 11.5 Å². The predicted octanol–water partition coefficient (Wildman–Crippen LogP) is 5.22. The third-order valence-corrected chi connectivity index (χ3v) is 4.21. The molecule has 0 aliphatic carbocycles. The maximum Gasteiger partial charge on any atom is 0.255 e. The smallest absolute Gasteiger partial charge is 0.255 e. The fourth-order valence-corrected chi connectivity index (χ4v) is 2.56. The number of hydrogen-bond acceptors (Lipinski definition) is 4. The Kier molecular flexibility index (Phi) is 6.91. The van der Waals surface area contributed by atoms with Gasteiger partial charge in [0.25, 0.3) is 5.91 Å². The standard InChI is InChI=1S/C18H20Cl2N2O3/c1-4-12(5-2)25-16-8-11(6-7-15(16)24-3)18(23)22-14-9-17(20)21-10-13(14)19/h6-10,12H,4-5H2,1-3H3,(H,21,22,23). The predicted molar refractivity (Wildman–Crippen MR) is 100 cm³/mol. The number of benzene rings is 1. The van der Waals surface area contributed by atoms with E-state index >= 15 is 0 Å². The van der Waals surface area contributed by atoms with Crippen LogP contribution in [0.2, 0.25) is 10.2 Å². The molecular formula is C18H20Cl2N2O3. The molecule has 0 saturated heterocycles. The van der Waals surface area contributed by atoms with Crippen LogP contribution in [0.5, 0.6) is 11.5 Å². The van der Waals surface area contributed by atoms with Crippen molar-refractivity contribution in [3.05, 3.63) is 46.2 Å². The topological polar surface area (TPSA) is 60.5 Å². The van der Waals surface area contributed by atoms with Gasteiger partial charge in [0.15, 0.2) is 11.5 Å². The number of halogens is 2. The second-order valence-corrected chi connectivity index (χ2v) is 6.16. The molecule has 1 amide bonds. The summed E-state index contributed by atoms with van der Waals surface area (Å²) < 4.78 is 11.3. The first kappa shape index (κ1) is 19.3. The maximum atomic E-state index is 12.5. The van der Waals surface area contributed by atoms with Gasteiger partial charge >= 0.3 is 0 Å². The number of amides is 1. The Morgan fingerprint density at radius 2 is 1.92 bits per heavy atom. The second-order valence-electron chi connectivity index (χ2n) is 5.36. The number of ether oxygens (including phenoxy) is 2. The van der Waals surface area contributed by atoms with Crippen LogP contribution in [-0.2, 0) is 0 Å². The summed E-state index contributed by atoms with van der Waals surface area (Å²) in [7, 11) is 1.56. The summed E-state index contributed by atoms with van der Waals surface area (Å²) >= 11 is 11.9. The first-order valence-corrected chi connectivity index (χ1v) is 8.71.